The Morgan fingerprint density at radius 2 is 1.97 bits per heavy atom. The minimum Gasteiger partial charge on any atom is -0.467 e. The number of fused-ring (bicyclic) bond motifs is 1. The molecular weight excluding hydrogens is 456 g/mol. The van der Waals surface area contributed by atoms with Crippen LogP contribution in [0.25, 0.3) is 10.9 Å². The molecule has 0 radical (unpaired) electrons. The third-order valence-corrected chi connectivity index (χ3v) is 8.28. The zero-order chi connectivity index (χ0) is 23.5. The highest BCUT2D eigenvalue weighted by Gasteiger charge is 2.28. The van der Waals surface area contributed by atoms with Crippen molar-refractivity contribution in [3.63, 3.8) is 0 Å². The van der Waals surface area contributed by atoms with Crippen LogP contribution in [0.1, 0.15) is 18.6 Å². The molecule has 1 unspecified atom stereocenters. The smallest absolute Gasteiger partial charge is 0.243 e. The number of furan rings is 1. The number of sulfonamides is 1. The maximum Gasteiger partial charge on any atom is 0.243 e. The fourth-order valence-corrected chi connectivity index (χ4v) is 5.94. The fourth-order valence-electron chi connectivity index (χ4n) is 4.50. The van der Waals surface area contributed by atoms with Crippen molar-refractivity contribution < 1.29 is 22.4 Å². The standard InChI is InChI=1S/C24H28N4O5S/c29-24(25-16-20-4-2-12-33-20)19-3-1-9-27(17-19)23-8-5-18-15-21(6-7-22(18)26-23)34(30,31)28-10-13-32-14-11-28/h2,4-8,12,15,19H,1,3,9-11,13-14,16-17H2,(H,25,29). The highest BCUT2D eigenvalue weighted by Crippen LogP contribution is 2.26. The second-order valence-corrected chi connectivity index (χ2v) is 10.6. The van der Waals surface area contributed by atoms with Gasteiger partial charge in [-0.25, -0.2) is 13.4 Å². The van der Waals surface area contributed by atoms with Crippen LogP contribution in [0.2, 0.25) is 0 Å². The molecule has 2 aliphatic rings. The second kappa shape index (κ2) is 9.73. The number of morpholine rings is 1. The number of nitrogens with one attached hydrogen (secondary N) is 1. The lowest BCUT2D eigenvalue weighted by Gasteiger charge is -2.33. The molecule has 1 atom stereocenters. The average molecular weight is 485 g/mol. The number of carbonyl (C=O) groups is 1. The summed E-state index contributed by atoms with van der Waals surface area (Å²) in [5.41, 5.74) is 0.725. The monoisotopic (exact) mass is 484 g/mol. The molecular formula is C24H28N4O5S. The van der Waals surface area contributed by atoms with E-state index in [9.17, 15) is 13.2 Å². The molecule has 5 rings (SSSR count). The van der Waals surface area contributed by atoms with E-state index in [2.05, 4.69) is 10.2 Å². The van der Waals surface area contributed by atoms with E-state index < -0.39 is 10.0 Å². The number of pyridine rings is 1. The predicted octanol–water partition coefficient (Wildman–Crippen LogP) is 2.38. The Balaban J connectivity index is 1.29. The lowest BCUT2D eigenvalue weighted by molar-refractivity contribution is -0.125. The quantitative estimate of drug-likeness (QED) is 0.573. The maximum atomic E-state index is 13.0. The Morgan fingerprint density at radius 1 is 1.12 bits per heavy atom. The van der Waals surface area contributed by atoms with E-state index in [0.717, 1.165) is 41.9 Å². The number of aromatic nitrogens is 1. The highest BCUT2D eigenvalue weighted by molar-refractivity contribution is 7.89. The van der Waals surface area contributed by atoms with E-state index >= 15 is 0 Å². The number of nitrogens with zero attached hydrogens (tertiary/aromatic N) is 3. The van der Waals surface area contributed by atoms with Gasteiger partial charge < -0.3 is 19.4 Å². The first-order chi connectivity index (χ1) is 16.5. The van der Waals surface area contributed by atoms with Gasteiger partial charge in [-0.1, -0.05) is 0 Å². The predicted molar refractivity (Wildman–Crippen MR) is 127 cm³/mol. The lowest BCUT2D eigenvalue weighted by Crippen LogP contribution is -2.43. The number of hydrogen-bond donors (Lipinski definition) is 1. The van der Waals surface area contributed by atoms with Crippen molar-refractivity contribution in [2.75, 3.05) is 44.3 Å². The van der Waals surface area contributed by atoms with Gasteiger partial charge in [-0.2, -0.15) is 4.31 Å². The van der Waals surface area contributed by atoms with Crippen molar-refractivity contribution in [3.05, 3.63) is 54.5 Å². The molecule has 0 spiro atoms. The largest absolute Gasteiger partial charge is 0.467 e. The van der Waals surface area contributed by atoms with Crippen molar-refractivity contribution in [2.24, 2.45) is 5.92 Å². The summed E-state index contributed by atoms with van der Waals surface area (Å²) in [6.07, 6.45) is 3.32. The number of ether oxygens (including phenoxy) is 1. The lowest BCUT2D eigenvalue weighted by atomic mass is 9.97. The zero-order valence-electron chi connectivity index (χ0n) is 18.9. The summed E-state index contributed by atoms with van der Waals surface area (Å²) in [6.45, 7) is 3.35. The third kappa shape index (κ3) is 4.79. The summed E-state index contributed by atoms with van der Waals surface area (Å²) < 4.78 is 38.0. The number of anilines is 1. The molecule has 34 heavy (non-hydrogen) atoms. The van der Waals surface area contributed by atoms with Gasteiger partial charge in [0.25, 0.3) is 0 Å². The van der Waals surface area contributed by atoms with Crippen molar-refractivity contribution in [1.29, 1.82) is 0 Å². The molecule has 4 heterocycles. The van der Waals surface area contributed by atoms with Gasteiger partial charge >= 0.3 is 0 Å². The van der Waals surface area contributed by atoms with Crippen LogP contribution in [0.5, 0.6) is 0 Å². The van der Waals surface area contributed by atoms with Crippen LogP contribution in [0.3, 0.4) is 0 Å². The zero-order valence-corrected chi connectivity index (χ0v) is 19.7. The third-order valence-electron chi connectivity index (χ3n) is 6.39. The first-order valence-corrected chi connectivity index (χ1v) is 13.0. The first kappa shape index (κ1) is 22.8. The van der Waals surface area contributed by atoms with Crippen molar-refractivity contribution in [1.82, 2.24) is 14.6 Å². The molecule has 3 aromatic rings. The molecule has 1 N–H and O–H groups in total. The summed E-state index contributed by atoms with van der Waals surface area (Å²) in [4.78, 5) is 19.8. The van der Waals surface area contributed by atoms with E-state index in [1.807, 2.05) is 18.2 Å². The van der Waals surface area contributed by atoms with Crippen LogP contribution in [0.4, 0.5) is 5.82 Å². The highest BCUT2D eigenvalue weighted by atomic mass is 32.2. The number of piperidine rings is 1. The number of hydrogen-bond acceptors (Lipinski definition) is 7. The van der Waals surface area contributed by atoms with Gasteiger partial charge in [-0.3, -0.25) is 4.79 Å². The van der Waals surface area contributed by atoms with Crippen molar-refractivity contribution in [2.45, 2.75) is 24.3 Å². The Morgan fingerprint density at radius 3 is 2.76 bits per heavy atom. The minimum atomic E-state index is -3.56. The van der Waals surface area contributed by atoms with E-state index in [4.69, 9.17) is 14.1 Å². The SMILES string of the molecule is O=C(NCc1ccco1)C1CCCN(c2ccc3cc(S(=O)(=O)N4CCOCC4)ccc3n2)C1. The van der Waals surface area contributed by atoms with Crippen molar-refractivity contribution in [3.8, 4) is 0 Å². The molecule has 10 heteroatoms. The Bertz CT molecular complexity index is 1260. The van der Waals surface area contributed by atoms with Crippen LogP contribution in [-0.4, -0.2) is 63.0 Å². The molecule has 180 valence electrons. The molecule has 0 saturated carbocycles. The van der Waals surface area contributed by atoms with Crippen molar-refractivity contribution >= 4 is 32.7 Å². The normalized spacial score (nSPS) is 19.9. The van der Waals surface area contributed by atoms with E-state index in [1.54, 1.807) is 30.5 Å². The Labute approximate surface area is 198 Å². The van der Waals surface area contributed by atoms with Crippen LogP contribution >= 0.6 is 0 Å². The van der Waals surface area contributed by atoms with Crippen LogP contribution in [0.15, 0.2) is 58.0 Å². The molecule has 9 nitrogen and oxygen atoms in total. The number of amides is 1. The molecule has 1 amide bonds. The molecule has 2 fully saturated rings. The number of rotatable bonds is 6. The van der Waals surface area contributed by atoms with Crippen LogP contribution in [0, 0.1) is 5.92 Å². The molecule has 2 aromatic heterocycles. The summed E-state index contributed by atoms with van der Waals surface area (Å²) in [6, 6.07) is 12.5. The summed E-state index contributed by atoms with van der Waals surface area (Å²) >= 11 is 0. The van der Waals surface area contributed by atoms with E-state index in [-0.39, 0.29) is 16.7 Å². The molecule has 0 aliphatic carbocycles. The maximum absolute atomic E-state index is 13.0. The minimum absolute atomic E-state index is 0.0138. The van der Waals surface area contributed by atoms with Gasteiger partial charge in [0.15, 0.2) is 0 Å². The van der Waals surface area contributed by atoms with Gasteiger partial charge in [-0.15, -0.1) is 0 Å². The van der Waals surface area contributed by atoms with Gasteiger partial charge in [-0.05, 0) is 55.3 Å². The number of benzene rings is 1. The molecule has 1 aromatic carbocycles. The van der Waals surface area contributed by atoms with E-state index in [1.165, 1.54) is 4.31 Å². The van der Waals surface area contributed by atoms with Crippen LogP contribution < -0.4 is 10.2 Å². The fraction of sp³-hybridized carbons (Fsp3) is 0.417. The average Bonchev–Trinajstić information content (AvgIpc) is 3.41. The first-order valence-electron chi connectivity index (χ1n) is 11.5. The summed E-state index contributed by atoms with van der Waals surface area (Å²) in [5, 5.41) is 3.72. The van der Waals surface area contributed by atoms with Gasteiger partial charge in [0.2, 0.25) is 15.9 Å². The summed E-state index contributed by atoms with van der Waals surface area (Å²) in [5.74, 6) is 1.41. The van der Waals surface area contributed by atoms with Gasteiger partial charge in [0, 0.05) is 31.6 Å². The Kier molecular flexibility index (Phi) is 6.53. The van der Waals surface area contributed by atoms with E-state index in [0.29, 0.717) is 39.4 Å². The van der Waals surface area contributed by atoms with Gasteiger partial charge in [0.1, 0.15) is 11.6 Å². The Hall–Kier alpha value is -2.95. The molecule has 2 saturated heterocycles. The second-order valence-electron chi connectivity index (χ2n) is 8.62. The topological polar surface area (TPSA) is 105 Å². The summed E-state index contributed by atoms with van der Waals surface area (Å²) in [7, 11) is -3.56. The number of carbonyl (C=O) groups excluding carboxylic acids is 1. The molecule has 0 bridgehead atoms. The molecule has 2 aliphatic heterocycles. The van der Waals surface area contributed by atoms with Crippen LogP contribution in [-0.2, 0) is 26.1 Å². The van der Waals surface area contributed by atoms with Gasteiger partial charge in [0.05, 0.1) is 42.4 Å².